The number of hydrogen-bond donors (Lipinski definition) is 1. The fraction of sp³-hybridized carbons (Fsp3) is 0.235. The SMILES string of the molecule is CNC(=O)[C@H](Cc1ccccc1)N(Cc1cccc(OC)c1)C(=O)CN(c1ccc(C)cc1)S(=O)(=O)c1ccc(C)cc1. The van der Waals surface area contributed by atoms with Crippen LogP contribution in [0.2, 0.25) is 0 Å². The van der Waals surface area contributed by atoms with E-state index in [1.165, 1.54) is 24.1 Å². The molecular weight excluding hydrogens is 562 g/mol. The molecule has 1 N–H and O–H groups in total. The van der Waals surface area contributed by atoms with Crippen LogP contribution >= 0.6 is 0 Å². The maximum Gasteiger partial charge on any atom is 0.264 e. The molecule has 2 amide bonds. The zero-order valence-electron chi connectivity index (χ0n) is 24.9. The van der Waals surface area contributed by atoms with E-state index in [1.54, 1.807) is 55.6 Å². The molecule has 9 heteroatoms. The Morgan fingerprint density at radius 2 is 1.42 bits per heavy atom. The summed E-state index contributed by atoms with van der Waals surface area (Å²) in [4.78, 5) is 29.2. The highest BCUT2D eigenvalue weighted by Crippen LogP contribution is 2.26. The summed E-state index contributed by atoms with van der Waals surface area (Å²) in [6.45, 7) is 3.33. The van der Waals surface area contributed by atoms with Crippen molar-refractivity contribution in [3.8, 4) is 5.75 Å². The normalized spacial score (nSPS) is 11.8. The van der Waals surface area contributed by atoms with Crippen molar-refractivity contribution in [3.63, 3.8) is 0 Å². The number of methoxy groups -OCH3 is 1. The van der Waals surface area contributed by atoms with Crippen LogP contribution < -0.4 is 14.4 Å². The van der Waals surface area contributed by atoms with Crippen molar-refractivity contribution in [1.82, 2.24) is 10.2 Å². The van der Waals surface area contributed by atoms with Crippen LogP contribution in [0, 0.1) is 13.8 Å². The second-order valence-corrected chi connectivity index (χ2v) is 12.2. The Labute approximate surface area is 254 Å². The molecule has 0 saturated carbocycles. The van der Waals surface area contributed by atoms with Gasteiger partial charge in [0.2, 0.25) is 11.8 Å². The molecule has 43 heavy (non-hydrogen) atoms. The standard InChI is InChI=1S/C34H37N3O5S/c1-25-13-17-29(18-14-25)37(43(40,41)31-19-15-26(2)16-20-31)24-33(38)36(23-28-11-8-12-30(21-28)42-4)32(34(39)35-3)22-27-9-6-5-7-10-27/h5-21,32H,22-24H2,1-4H3,(H,35,39)/t32-/m0/s1. The molecule has 4 aromatic carbocycles. The predicted octanol–water partition coefficient (Wildman–Crippen LogP) is 4.89. The number of carbonyl (C=O) groups excluding carboxylic acids is 2. The fourth-order valence-corrected chi connectivity index (χ4v) is 6.18. The Bertz CT molecular complexity index is 1640. The molecular formula is C34H37N3O5S. The van der Waals surface area contributed by atoms with Crippen molar-refractivity contribution in [2.24, 2.45) is 0 Å². The van der Waals surface area contributed by atoms with E-state index in [-0.39, 0.29) is 23.8 Å². The minimum absolute atomic E-state index is 0.0628. The third-order valence-electron chi connectivity index (χ3n) is 7.21. The number of benzene rings is 4. The van der Waals surface area contributed by atoms with Crippen LogP contribution in [0.25, 0.3) is 0 Å². The lowest BCUT2D eigenvalue weighted by Crippen LogP contribution is -2.53. The third-order valence-corrected chi connectivity index (χ3v) is 9.00. The molecule has 0 unspecified atom stereocenters. The highest BCUT2D eigenvalue weighted by molar-refractivity contribution is 7.92. The highest BCUT2D eigenvalue weighted by Gasteiger charge is 2.34. The van der Waals surface area contributed by atoms with Gasteiger partial charge < -0.3 is 15.0 Å². The van der Waals surface area contributed by atoms with E-state index in [4.69, 9.17) is 4.74 Å². The fourth-order valence-electron chi connectivity index (χ4n) is 4.77. The van der Waals surface area contributed by atoms with Crippen LogP contribution in [0.15, 0.2) is 108 Å². The molecule has 224 valence electrons. The van der Waals surface area contributed by atoms with Gasteiger partial charge in [0.1, 0.15) is 18.3 Å². The molecule has 0 bridgehead atoms. The number of carbonyl (C=O) groups is 2. The topological polar surface area (TPSA) is 96.0 Å². The smallest absolute Gasteiger partial charge is 0.264 e. The number of hydrogen-bond acceptors (Lipinski definition) is 5. The van der Waals surface area contributed by atoms with E-state index < -0.39 is 28.5 Å². The Morgan fingerprint density at radius 1 is 0.814 bits per heavy atom. The Balaban J connectivity index is 1.79. The average molecular weight is 600 g/mol. The Kier molecular flexibility index (Phi) is 10.2. The number of nitrogens with zero attached hydrogens (tertiary/aromatic N) is 2. The zero-order chi connectivity index (χ0) is 31.0. The molecule has 0 aliphatic carbocycles. The Morgan fingerprint density at radius 3 is 2.02 bits per heavy atom. The summed E-state index contributed by atoms with van der Waals surface area (Å²) in [5.41, 5.74) is 3.81. The van der Waals surface area contributed by atoms with Crippen LogP contribution in [0.4, 0.5) is 5.69 Å². The number of anilines is 1. The molecule has 0 spiro atoms. The van der Waals surface area contributed by atoms with Gasteiger partial charge in [-0.3, -0.25) is 13.9 Å². The van der Waals surface area contributed by atoms with Crippen LogP contribution in [-0.4, -0.2) is 51.9 Å². The van der Waals surface area contributed by atoms with Crippen LogP contribution in [0.5, 0.6) is 5.75 Å². The quantitative estimate of drug-likeness (QED) is 0.250. The third kappa shape index (κ3) is 7.81. The molecule has 0 aliphatic heterocycles. The first-order valence-electron chi connectivity index (χ1n) is 14.0. The molecule has 1 atom stereocenters. The van der Waals surface area contributed by atoms with Gasteiger partial charge in [-0.25, -0.2) is 8.42 Å². The molecule has 0 aliphatic rings. The minimum Gasteiger partial charge on any atom is -0.497 e. The predicted molar refractivity (Wildman–Crippen MR) is 168 cm³/mol. The first-order chi connectivity index (χ1) is 20.6. The van der Waals surface area contributed by atoms with E-state index in [9.17, 15) is 18.0 Å². The number of amides is 2. The number of ether oxygens (including phenoxy) is 1. The molecule has 0 radical (unpaired) electrons. The maximum absolute atomic E-state index is 14.3. The summed E-state index contributed by atoms with van der Waals surface area (Å²) in [7, 11) is -1.06. The molecule has 0 saturated heterocycles. The van der Waals surface area contributed by atoms with E-state index in [0.717, 1.165) is 26.6 Å². The number of rotatable bonds is 12. The summed E-state index contributed by atoms with van der Waals surface area (Å²) in [6.07, 6.45) is 0.242. The van der Waals surface area contributed by atoms with Crippen molar-refractivity contribution in [2.75, 3.05) is 25.0 Å². The summed E-state index contributed by atoms with van der Waals surface area (Å²) >= 11 is 0. The minimum atomic E-state index is -4.14. The summed E-state index contributed by atoms with van der Waals surface area (Å²) in [5, 5.41) is 2.69. The van der Waals surface area contributed by atoms with E-state index >= 15 is 0 Å². The van der Waals surface area contributed by atoms with Gasteiger partial charge >= 0.3 is 0 Å². The van der Waals surface area contributed by atoms with Gasteiger partial charge in [0.05, 0.1) is 17.7 Å². The van der Waals surface area contributed by atoms with E-state index in [2.05, 4.69) is 5.32 Å². The van der Waals surface area contributed by atoms with Crippen molar-refractivity contribution >= 4 is 27.5 Å². The molecule has 0 fully saturated rings. The lowest BCUT2D eigenvalue weighted by atomic mass is 10.0. The van der Waals surface area contributed by atoms with Crippen molar-refractivity contribution in [3.05, 3.63) is 125 Å². The summed E-state index contributed by atoms with van der Waals surface area (Å²) in [6, 6.07) is 29.2. The number of aryl methyl sites for hydroxylation is 2. The van der Waals surface area contributed by atoms with Gasteiger partial charge in [-0.05, 0) is 61.4 Å². The summed E-state index contributed by atoms with van der Waals surface area (Å²) < 4.78 is 34.6. The second-order valence-electron chi connectivity index (χ2n) is 10.4. The van der Waals surface area contributed by atoms with Gasteiger partial charge in [0.25, 0.3) is 10.0 Å². The molecule has 4 aromatic rings. The first-order valence-corrected chi connectivity index (χ1v) is 15.4. The van der Waals surface area contributed by atoms with Crippen molar-refractivity contribution in [1.29, 1.82) is 0 Å². The monoisotopic (exact) mass is 599 g/mol. The van der Waals surface area contributed by atoms with Crippen LogP contribution in [-0.2, 0) is 32.6 Å². The molecule has 4 rings (SSSR count). The van der Waals surface area contributed by atoms with Crippen LogP contribution in [0.3, 0.4) is 0 Å². The van der Waals surface area contributed by atoms with E-state index in [1.807, 2.05) is 56.3 Å². The van der Waals surface area contributed by atoms with Crippen LogP contribution in [0.1, 0.15) is 22.3 Å². The highest BCUT2D eigenvalue weighted by atomic mass is 32.2. The van der Waals surface area contributed by atoms with Crippen molar-refractivity contribution in [2.45, 2.75) is 37.8 Å². The van der Waals surface area contributed by atoms with Crippen molar-refractivity contribution < 1.29 is 22.7 Å². The largest absolute Gasteiger partial charge is 0.497 e. The zero-order valence-corrected chi connectivity index (χ0v) is 25.7. The van der Waals surface area contributed by atoms with E-state index in [0.29, 0.717) is 11.4 Å². The van der Waals surface area contributed by atoms with Gasteiger partial charge in [0, 0.05) is 20.0 Å². The Hall–Kier alpha value is -4.63. The first kappa shape index (κ1) is 31.3. The molecule has 8 nitrogen and oxygen atoms in total. The summed E-state index contributed by atoms with van der Waals surface area (Å²) in [5.74, 6) is -0.278. The average Bonchev–Trinajstić information content (AvgIpc) is 3.02. The number of sulfonamides is 1. The molecule has 0 aromatic heterocycles. The van der Waals surface area contributed by atoms with Gasteiger partial charge in [-0.15, -0.1) is 0 Å². The van der Waals surface area contributed by atoms with Gasteiger partial charge in [-0.2, -0.15) is 0 Å². The lowest BCUT2D eigenvalue weighted by Gasteiger charge is -2.33. The maximum atomic E-state index is 14.3. The van der Waals surface area contributed by atoms with Gasteiger partial charge in [-0.1, -0.05) is 77.9 Å². The number of nitrogens with one attached hydrogen (secondary N) is 1. The number of likely N-dealkylation sites (N-methyl/N-ethyl adjacent to an activating group) is 1. The molecule has 0 heterocycles. The van der Waals surface area contributed by atoms with Gasteiger partial charge in [0.15, 0.2) is 0 Å². The second kappa shape index (κ2) is 14.0. The lowest BCUT2D eigenvalue weighted by molar-refractivity contribution is -0.139.